The van der Waals surface area contributed by atoms with Crippen molar-refractivity contribution in [3.63, 3.8) is 0 Å². The Balaban J connectivity index is 1.42. The van der Waals surface area contributed by atoms with Gasteiger partial charge in [0.05, 0.1) is 26.0 Å². The van der Waals surface area contributed by atoms with E-state index in [1.807, 2.05) is 86.3 Å². The Hall–Kier alpha value is -4.14. The largest absolute Gasteiger partial charge is 0.497 e. The normalized spacial score (nSPS) is 14.4. The van der Waals surface area contributed by atoms with E-state index < -0.39 is 0 Å². The molecule has 0 spiro atoms. The zero-order valence-electron chi connectivity index (χ0n) is 24.0. The highest BCUT2D eigenvalue weighted by Gasteiger charge is 2.29. The standard InChI is InChI=1S/C31H39N5O4/c1-22(2)31(38)36(23(3)24-10-7-6-8-11-24)21-30(37)35-17-9-16-34(18-19-35)29-15-14-27(32-33-29)26-13-12-25(39-4)20-28(26)40-5/h6-8,10-15,20,22-23H,9,16-19,21H2,1-5H3. The molecule has 9 nitrogen and oxygen atoms in total. The Bertz CT molecular complexity index is 1280. The number of aromatic nitrogens is 2. The lowest BCUT2D eigenvalue weighted by Gasteiger charge is -2.32. The van der Waals surface area contributed by atoms with Crippen molar-refractivity contribution in [3.05, 3.63) is 66.2 Å². The van der Waals surface area contributed by atoms with Crippen molar-refractivity contribution in [2.24, 2.45) is 5.92 Å². The van der Waals surface area contributed by atoms with E-state index in [9.17, 15) is 9.59 Å². The fraction of sp³-hybridized carbons (Fsp3) is 0.419. The monoisotopic (exact) mass is 545 g/mol. The number of amides is 2. The molecule has 1 aliphatic heterocycles. The van der Waals surface area contributed by atoms with Crippen molar-refractivity contribution >= 4 is 17.6 Å². The van der Waals surface area contributed by atoms with Crippen LogP contribution < -0.4 is 14.4 Å². The minimum Gasteiger partial charge on any atom is -0.497 e. The van der Waals surface area contributed by atoms with Crippen molar-refractivity contribution in [2.45, 2.75) is 33.2 Å². The van der Waals surface area contributed by atoms with Gasteiger partial charge < -0.3 is 24.2 Å². The van der Waals surface area contributed by atoms with E-state index in [4.69, 9.17) is 9.47 Å². The zero-order valence-corrected chi connectivity index (χ0v) is 24.0. The van der Waals surface area contributed by atoms with Crippen molar-refractivity contribution in [3.8, 4) is 22.8 Å². The molecule has 40 heavy (non-hydrogen) atoms. The molecule has 9 heteroatoms. The average molecular weight is 546 g/mol. The third kappa shape index (κ3) is 6.70. The van der Waals surface area contributed by atoms with Crippen LogP contribution in [0.1, 0.15) is 38.8 Å². The second-order valence-electron chi connectivity index (χ2n) is 10.3. The van der Waals surface area contributed by atoms with E-state index in [1.165, 1.54) is 0 Å². The highest BCUT2D eigenvalue weighted by Crippen LogP contribution is 2.32. The molecule has 0 aliphatic carbocycles. The maximum Gasteiger partial charge on any atom is 0.242 e. The Morgan fingerprint density at radius 1 is 0.900 bits per heavy atom. The number of rotatable bonds is 9. The summed E-state index contributed by atoms with van der Waals surface area (Å²) in [6.45, 7) is 8.38. The van der Waals surface area contributed by atoms with Crippen LogP contribution in [-0.2, 0) is 9.59 Å². The Morgan fingerprint density at radius 3 is 2.33 bits per heavy atom. The number of ether oxygens (including phenoxy) is 2. The molecule has 2 amide bonds. The lowest BCUT2D eigenvalue weighted by atomic mass is 10.0. The fourth-order valence-electron chi connectivity index (χ4n) is 4.94. The summed E-state index contributed by atoms with van der Waals surface area (Å²) >= 11 is 0. The molecular formula is C31H39N5O4. The number of benzene rings is 2. The van der Waals surface area contributed by atoms with Gasteiger partial charge in [-0.3, -0.25) is 9.59 Å². The molecule has 0 radical (unpaired) electrons. The number of hydrogen-bond donors (Lipinski definition) is 0. The number of anilines is 1. The molecule has 1 aromatic heterocycles. The van der Waals surface area contributed by atoms with Crippen LogP contribution in [-0.4, -0.2) is 78.8 Å². The number of carbonyl (C=O) groups is 2. The summed E-state index contributed by atoms with van der Waals surface area (Å²) in [7, 11) is 3.23. The SMILES string of the molecule is COc1ccc(-c2ccc(N3CCCN(C(=O)CN(C(=O)C(C)C)C(C)c4ccccc4)CC3)nn2)c(OC)c1. The van der Waals surface area contributed by atoms with Crippen LogP contribution in [0.25, 0.3) is 11.3 Å². The topological polar surface area (TPSA) is 88.1 Å². The van der Waals surface area contributed by atoms with Gasteiger partial charge in [-0.2, -0.15) is 0 Å². The summed E-state index contributed by atoms with van der Waals surface area (Å²) in [5.41, 5.74) is 2.55. The van der Waals surface area contributed by atoms with Crippen molar-refractivity contribution in [1.82, 2.24) is 20.0 Å². The van der Waals surface area contributed by atoms with Gasteiger partial charge in [0.25, 0.3) is 0 Å². The van der Waals surface area contributed by atoms with Crippen LogP contribution in [0.15, 0.2) is 60.7 Å². The highest BCUT2D eigenvalue weighted by molar-refractivity contribution is 5.86. The maximum absolute atomic E-state index is 13.4. The predicted octanol–water partition coefficient (Wildman–Crippen LogP) is 4.45. The molecule has 0 N–H and O–H groups in total. The molecule has 3 aromatic rings. The van der Waals surface area contributed by atoms with Crippen molar-refractivity contribution in [1.29, 1.82) is 0 Å². The smallest absolute Gasteiger partial charge is 0.242 e. The Morgan fingerprint density at radius 2 is 1.68 bits per heavy atom. The molecule has 0 saturated carbocycles. The van der Waals surface area contributed by atoms with Crippen LogP contribution in [0.3, 0.4) is 0 Å². The first-order valence-corrected chi connectivity index (χ1v) is 13.8. The van der Waals surface area contributed by atoms with Crippen LogP contribution in [0.2, 0.25) is 0 Å². The van der Waals surface area contributed by atoms with Gasteiger partial charge in [-0.1, -0.05) is 44.2 Å². The summed E-state index contributed by atoms with van der Waals surface area (Å²) in [6, 6.07) is 19.1. The van der Waals surface area contributed by atoms with E-state index in [0.29, 0.717) is 36.8 Å². The fourth-order valence-corrected chi connectivity index (χ4v) is 4.94. The third-order valence-electron chi connectivity index (χ3n) is 7.34. The van der Waals surface area contributed by atoms with Gasteiger partial charge in [-0.25, -0.2) is 0 Å². The number of carbonyl (C=O) groups excluding carboxylic acids is 2. The highest BCUT2D eigenvalue weighted by atomic mass is 16.5. The molecule has 0 bridgehead atoms. The van der Waals surface area contributed by atoms with Gasteiger partial charge in [-0.05, 0) is 43.2 Å². The van der Waals surface area contributed by atoms with Crippen LogP contribution >= 0.6 is 0 Å². The van der Waals surface area contributed by atoms with Gasteiger partial charge in [0.15, 0.2) is 5.82 Å². The van der Waals surface area contributed by atoms with Crippen LogP contribution in [0.4, 0.5) is 5.82 Å². The second-order valence-corrected chi connectivity index (χ2v) is 10.3. The zero-order chi connectivity index (χ0) is 28.6. The first-order chi connectivity index (χ1) is 19.3. The first kappa shape index (κ1) is 28.9. The molecule has 1 saturated heterocycles. The van der Waals surface area contributed by atoms with Crippen molar-refractivity contribution < 1.29 is 19.1 Å². The molecule has 1 fully saturated rings. The second kappa shape index (κ2) is 13.3. The van der Waals surface area contributed by atoms with Crippen molar-refractivity contribution in [2.75, 3.05) is 51.8 Å². The maximum atomic E-state index is 13.4. The summed E-state index contributed by atoms with van der Waals surface area (Å²) in [4.78, 5) is 32.3. The lowest BCUT2D eigenvalue weighted by molar-refractivity contribution is -0.144. The number of hydrogen-bond acceptors (Lipinski definition) is 7. The number of methoxy groups -OCH3 is 2. The molecule has 2 heterocycles. The van der Waals surface area contributed by atoms with E-state index in [-0.39, 0.29) is 30.3 Å². The van der Waals surface area contributed by atoms with Gasteiger partial charge in [0.1, 0.15) is 18.0 Å². The van der Waals surface area contributed by atoms with E-state index in [1.54, 1.807) is 19.1 Å². The summed E-state index contributed by atoms with van der Waals surface area (Å²) in [5, 5.41) is 8.95. The van der Waals surface area contributed by atoms with E-state index in [0.717, 1.165) is 29.9 Å². The predicted molar refractivity (Wildman–Crippen MR) is 155 cm³/mol. The van der Waals surface area contributed by atoms with Crippen LogP contribution in [0.5, 0.6) is 11.5 Å². The first-order valence-electron chi connectivity index (χ1n) is 13.8. The molecule has 212 valence electrons. The molecular weight excluding hydrogens is 506 g/mol. The minimum atomic E-state index is -0.196. The molecule has 2 aromatic carbocycles. The molecule has 1 unspecified atom stereocenters. The van der Waals surface area contributed by atoms with Gasteiger partial charge in [0.2, 0.25) is 11.8 Å². The Kier molecular flexibility index (Phi) is 9.58. The average Bonchev–Trinajstić information content (AvgIpc) is 3.26. The summed E-state index contributed by atoms with van der Waals surface area (Å²) in [6.07, 6.45) is 0.799. The van der Waals surface area contributed by atoms with E-state index >= 15 is 0 Å². The minimum absolute atomic E-state index is 0.0231. The Labute approximate surface area is 236 Å². The van der Waals surface area contributed by atoms with E-state index in [2.05, 4.69) is 15.1 Å². The van der Waals surface area contributed by atoms with Gasteiger partial charge >= 0.3 is 0 Å². The number of nitrogens with zero attached hydrogens (tertiary/aromatic N) is 5. The third-order valence-corrected chi connectivity index (χ3v) is 7.34. The summed E-state index contributed by atoms with van der Waals surface area (Å²) < 4.78 is 10.8. The molecule has 1 aliphatic rings. The summed E-state index contributed by atoms with van der Waals surface area (Å²) in [5.74, 6) is 1.88. The van der Waals surface area contributed by atoms with Gasteiger partial charge in [0, 0.05) is 43.7 Å². The van der Waals surface area contributed by atoms with Gasteiger partial charge in [-0.15, -0.1) is 10.2 Å². The molecule has 1 atom stereocenters. The van der Waals surface area contributed by atoms with Crippen LogP contribution in [0, 0.1) is 5.92 Å². The lowest BCUT2D eigenvalue weighted by Crippen LogP contribution is -2.46. The quantitative estimate of drug-likeness (QED) is 0.393. The molecule has 4 rings (SSSR count).